The zero-order valence-corrected chi connectivity index (χ0v) is 13.7. The predicted molar refractivity (Wildman–Crippen MR) is 91.7 cm³/mol. The highest BCUT2D eigenvalue weighted by atomic mass is 15.2. The number of aryl methyl sites for hydroxylation is 1. The molecule has 116 valence electrons. The quantitative estimate of drug-likeness (QED) is 0.942. The number of hydrogen-bond acceptors (Lipinski definition) is 3. The summed E-state index contributed by atoms with van der Waals surface area (Å²) in [7, 11) is 0. The van der Waals surface area contributed by atoms with E-state index in [9.17, 15) is 0 Å². The van der Waals surface area contributed by atoms with E-state index in [0.29, 0.717) is 12.1 Å². The van der Waals surface area contributed by atoms with E-state index in [-0.39, 0.29) is 0 Å². The topological polar surface area (TPSA) is 28.2 Å². The van der Waals surface area contributed by atoms with Crippen LogP contribution in [0, 0.1) is 6.92 Å². The van der Waals surface area contributed by atoms with Crippen molar-refractivity contribution in [3.8, 4) is 11.1 Å². The van der Waals surface area contributed by atoms with Gasteiger partial charge in [-0.15, -0.1) is 0 Å². The number of nitrogens with zero attached hydrogens (tertiary/aromatic N) is 2. The second kappa shape index (κ2) is 6.59. The zero-order valence-electron chi connectivity index (χ0n) is 13.7. The number of aromatic nitrogens is 1. The summed E-state index contributed by atoms with van der Waals surface area (Å²) in [5.41, 5.74) is 5.01. The van der Waals surface area contributed by atoms with Crippen LogP contribution in [0.3, 0.4) is 0 Å². The maximum Gasteiger partial charge on any atom is 0.0346 e. The lowest BCUT2D eigenvalue weighted by molar-refractivity contribution is 0.166. The molecule has 0 bridgehead atoms. The highest BCUT2D eigenvalue weighted by molar-refractivity contribution is 5.63. The number of hydrogen-bond donors (Lipinski definition) is 1. The van der Waals surface area contributed by atoms with E-state index in [1.165, 1.54) is 22.3 Å². The molecule has 1 aromatic heterocycles. The molecule has 1 N–H and O–H groups in total. The van der Waals surface area contributed by atoms with Crippen molar-refractivity contribution in [1.29, 1.82) is 0 Å². The minimum absolute atomic E-state index is 0.571. The van der Waals surface area contributed by atoms with Crippen LogP contribution < -0.4 is 5.32 Å². The van der Waals surface area contributed by atoms with Crippen molar-refractivity contribution in [2.24, 2.45) is 0 Å². The van der Waals surface area contributed by atoms with Crippen LogP contribution >= 0.6 is 0 Å². The van der Waals surface area contributed by atoms with Crippen LogP contribution in [-0.4, -0.2) is 35.1 Å². The second-order valence-corrected chi connectivity index (χ2v) is 6.61. The Morgan fingerprint density at radius 2 is 1.73 bits per heavy atom. The second-order valence-electron chi connectivity index (χ2n) is 6.61. The number of benzene rings is 1. The van der Waals surface area contributed by atoms with E-state index in [0.717, 1.165) is 19.6 Å². The molecule has 0 spiro atoms. The molecule has 0 amide bonds. The fraction of sp³-hybridized carbons (Fsp3) is 0.421. The normalized spacial score (nSPS) is 22.7. The molecule has 3 heteroatoms. The van der Waals surface area contributed by atoms with E-state index < -0.39 is 0 Å². The van der Waals surface area contributed by atoms with Crippen molar-refractivity contribution in [2.75, 3.05) is 13.1 Å². The molecule has 1 aliphatic heterocycles. The van der Waals surface area contributed by atoms with E-state index >= 15 is 0 Å². The molecule has 3 rings (SSSR count). The Balaban J connectivity index is 1.69. The molecular weight excluding hydrogens is 270 g/mol. The van der Waals surface area contributed by atoms with Crippen LogP contribution in [0.25, 0.3) is 11.1 Å². The Morgan fingerprint density at radius 3 is 2.36 bits per heavy atom. The van der Waals surface area contributed by atoms with Crippen molar-refractivity contribution in [3.05, 3.63) is 53.9 Å². The molecule has 2 unspecified atom stereocenters. The van der Waals surface area contributed by atoms with Gasteiger partial charge >= 0.3 is 0 Å². The Hall–Kier alpha value is -1.71. The van der Waals surface area contributed by atoms with Crippen molar-refractivity contribution >= 4 is 0 Å². The minimum Gasteiger partial charge on any atom is -0.309 e. The highest BCUT2D eigenvalue weighted by Crippen LogP contribution is 2.20. The van der Waals surface area contributed by atoms with E-state index in [1.807, 2.05) is 12.4 Å². The van der Waals surface area contributed by atoms with Gasteiger partial charge < -0.3 is 5.32 Å². The smallest absolute Gasteiger partial charge is 0.0346 e. The average Bonchev–Trinajstić information content (AvgIpc) is 2.47. The fourth-order valence-corrected chi connectivity index (χ4v) is 3.34. The molecule has 1 aromatic carbocycles. The van der Waals surface area contributed by atoms with Gasteiger partial charge in [0.1, 0.15) is 0 Å². The van der Waals surface area contributed by atoms with Gasteiger partial charge in [-0.1, -0.05) is 24.3 Å². The molecule has 0 aliphatic carbocycles. The first-order chi connectivity index (χ1) is 10.6. The Labute approximate surface area is 133 Å². The van der Waals surface area contributed by atoms with Crippen LogP contribution in [0.2, 0.25) is 0 Å². The maximum absolute atomic E-state index is 4.28. The van der Waals surface area contributed by atoms with Crippen LogP contribution in [0.4, 0.5) is 0 Å². The van der Waals surface area contributed by atoms with Crippen LogP contribution in [0.15, 0.2) is 42.7 Å². The summed E-state index contributed by atoms with van der Waals surface area (Å²) in [5.74, 6) is 0. The molecule has 2 heterocycles. The van der Waals surface area contributed by atoms with Gasteiger partial charge in [0.15, 0.2) is 0 Å². The van der Waals surface area contributed by atoms with Gasteiger partial charge in [-0.3, -0.25) is 9.88 Å². The Kier molecular flexibility index (Phi) is 4.55. The van der Waals surface area contributed by atoms with Crippen LogP contribution in [0.1, 0.15) is 25.0 Å². The summed E-state index contributed by atoms with van der Waals surface area (Å²) < 4.78 is 0. The van der Waals surface area contributed by atoms with Crippen molar-refractivity contribution in [2.45, 2.75) is 39.4 Å². The van der Waals surface area contributed by atoms with E-state index in [4.69, 9.17) is 0 Å². The first-order valence-electron chi connectivity index (χ1n) is 8.09. The molecule has 0 saturated carbocycles. The monoisotopic (exact) mass is 295 g/mol. The Bertz CT molecular complexity index is 611. The summed E-state index contributed by atoms with van der Waals surface area (Å²) in [6, 6.07) is 12.2. The highest BCUT2D eigenvalue weighted by Gasteiger charge is 2.20. The third-order valence-corrected chi connectivity index (χ3v) is 4.20. The largest absolute Gasteiger partial charge is 0.309 e. The van der Waals surface area contributed by atoms with Crippen LogP contribution in [-0.2, 0) is 6.54 Å². The average molecular weight is 295 g/mol. The number of piperazine rings is 1. The van der Waals surface area contributed by atoms with Crippen molar-refractivity contribution in [3.63, 3.8) is 0 Å². The third-order valence-electron chi connectivity index (χ3n) is 4.20. The molecule has 2 aromatic rings. The zero-order chi connectivity index (χ0) is 15.5. The first kappa shape index (κ1) is 15.2. The lowest BCUT2D eigenvalue weighted by Gasteiger charge is -2.36. The minimum atomic E-state index is 0.571. The number of nitrogens with one attached hydrogen (secondary N) is 1. The first-order valence-corrected chi connectivity index (χ1v) is 8.09. The van der Waals surface area contributed by atoms with Gasteiger partial charge in [0, 0.05) is 49.7 Å². The van der Waals surface area contributed by atoms with Gasteiger partial charge in [0.05, 0.1) is 0 Å². The van der Waals surface area contributed by atoms with E-state index in [1.54, 1.807) is 0 Å². The number of rotatable bonds is 3. The van der Waals surface area contributed by atoms with Gasteiger partial charge in [-0.2, -0.15) is 0 Å². The van der Waals surface area contributed by atoms with Gasteiger partial charge in [-0.25, -0.2) is 0 Å². The molecule has 0 radical (unpaired) electrons. The number of pyridine rings is 1. The summed E-state index contributed by atoms with van der Waals surface area (Å²) in [5, 5.41) is 3.58. The SMILES string of the molecule is Cc1cncc(-c2ccc(CN3CC(C)NC(C)C3)cc2)c1. The third kappa shape index (κ3) is 3.73. The Morgan fingerprint density at radius 1 is 1.05 bits per heavy atom. The maximum atomic E-state index is 4.28. The summed E-state index contributed by atoms with van der Waals surface area (Å²) in [6.07, 6.45) is 3.83. The van der Waals surface area contributed by atoms with Crippen molar-refractivity contribution < 1.29 is 0 Å². The van der Waals surface area contributed by atoms with Crippen molar-refractivity contribution in [1.82, 2.24) is 15.2 Å². The van der Waals surface area contributed by atoms with Gasteiger partial charge in [0.2, 0.25) is 0 Å². The van der Waals surface area contributed by atoms with Gasteiger partial charge in [0.25, 0.3) is 0 Å². The summed E-state index contributed by atoms with van der Waals surface area (Å²) in [4.78, 5) is 6.81. The van der Waals surface area contributed by atoms with Crippen LogP contribution in [0.5, 0.6) is 0 Å². The molecule has 1 fully saturated rings. The summed E-state index contributed by atoms with van der Waals surface area (Å²) >= 11 is 0. The molecule has 22 heavy (non-hydrogen) atoms. The standard InChI is InChI=1S/C19H25N3/c1-14-8-19(10-20-9-14)18-6-4-17(5-7-18)13-22-11-15(2)21-16(3)12-22/h4-10,15-16,21H,11-13H2,1-3H3. The molecule has 1 aliphatic rings. The molecule has 2 atom stereocenters. The lowest BCUT2D eigenvalue weighted by Crippen LogP contribution is -2.53. The molecule has 3 nitrogen and oxygen atoms in total. The summed E-state index contributed by atoms with van der Waals surface area (Å²) in [6.45, 7) is 9.87. The molecular formula is C19H25N3. The predicted octanol–water partition coefficient (Wildman–Crippen LogP) is 3.24. The van der Waals surface area contributed by atoms with E-state index in [2.05, 4.69) is 66.3 Å². The molecule has 1 saturated heterocycles. The lowest BCUT2D eigenvalue weighted by atomic mass is 10.0. The van der Waals surface area contributed by atoms with Gasteiger partial charge in [-0.05, 0) is 43.5 Å². The fourth-order valence-electron chi connectivity index (χ4n) is 3.34.